The smallest absolute Gasteiger partial charge is 0.356 e. The molecule has 0 unspecified atom stereocenters. The number of pyridine rings is 1. The van der Waals surface area contributed by atoms with Crippen LogP contribution in [0.5, 0.6) is 0 Å². The highest BCUT2D eigenvalue weighted by atomic mass is 79.9. The number of aromatic nitrogens is 1. The highest BCUT2D eigenvalue weighted by Crippen LogP contribution is 2.30. The summed E-state index contributed by atoms with van der Waals surface area (Å²) in [6.45, 7) is 4.89. The predicted molar refractivity (Wildman–Crippen MR) is 92.6 cm³/mol. The maximum absolute atomic E-state index is 11.9. The van der Waals surface area contributed by atoms with Crippen LogP contribution in [0.4, 0.5) is 0 Å². The zero-order valence-corrected chi connectivity index (χ0v) is 15.4. The fourth-order valence-corrected chi connectivity index (χ4v) is 3.09. The number of hydrogen-bond acceptors (Lipinski definition) is 6. The molecular weight excluding hydrogens is 382 g/mol. The van der Waals surface area contributed by atoms with Crippen molar-refractivity contribution in [3.05, 3.63) is 40.5 Å². The lowest BCUT2D eigenvalue weighted by atomic mass is 10.1. The SMILES string of the molecule is CCOOCc1ccc(-c2cc(CBr)nc(C(=O)OCC)c2)s1. The van der Waals surface area contributed by atoms with Gasteiger partial charge in [0.15, 0.2) is 0 Å². The third-order valence-electron chi connectivity index (χ3n) is 2.85. The van der Waals surface area contributed by atoms with Crippen LogP contribution in [0.15, 0.2) is 24.3 Å². The lowest BCUT2D eigenvalue weighted by molar-refractivity contribution is -0.300. The monoisotopic (exact) mass is 399 g/mol. The summed E-state index contributed by atoms with van der Waals surface area (Å²) in [5.74, 6) is -0.409. The zero-order chi connectivity index (χ0) is 16.7. The van der Waals surface area contributed by atoms with Gasteiger partial charge in [0.1, 0.15) is 12.3 Å². The van der Waals surface area contributed by atoms with Gasteiger partial charge in [-0.15, -0.1) is 11.3 Å². The average molecular weight is 400 g/mol. The van der Waals surface area contributed by atoms with Crippen LogP contribution in [-0.2, 0) is 26.4 Å². The molecule has 0 aliphatic carbocycles. The van der Waals surface area contributed by atoms with Crippen molar-refractivity contribution < 1.29 is 19.3 Å². The molecule has 0 fully saturated rings. The summed E-state index contributed by atoms with van der Waals surface area (Å²) in [6.07, 6.45) is 0. The summed E-state index contributed by atoms with van der Waals surface area (Å²) < 4.78 is 5.04. The topological polar surface area (TPSA) is 57.7 Å². The maximum atomic E-state index is 11.9. The van der Waals surface area contributed by atoms with Crippen molar-refractivity contribution in [2.24, 2.45) is 0 Å². The zero-order valence-electron chi connectivity index (χ0n) is 13.0. The number of rotatable bonds is 8. The first-order valence-corrected chi connectivity index (χ1v) is 9.19. The second-order valence-electron chi connectivity index (χ2n) is 4.52. The van der Waals surface area contributed by atoms with Crippen LogP contribution in [0.1, 0.15) is 34.9 Å². The standard InChI is InChI=1S/C16H18BrNO4S/c1-3-20-16(19)14-8-11(7-12(9-17)18-14)15-6-5-13(23-15)10-22-21-4-2/h5-8H,3-4,9-10H2,1-2H3. The summed E-state index contributed by atoms with van der Waals surface area (Å²) >= 11 is 4.98. The number of carbonyl (C=O) groups excluding carboxylic acids is 1. The van der Waals surface area contributed by atoms with Crippen molar-refractivity contribution >= 4 is 33.2 Å². The highest BCUT2D eigenvalue weighted by molar-refractivity contribution is 9.08. The first kappa shape index (κ1) is 18.1. The first-order valence-electron chi connectivity index (χ1n) is 7.25. The van der Waals surface area contributed by atoms with Crippen LogP contribution >= 0.6 is 27.3 Å². The molecular formula is C16H18BrNO4S. The van der Waals surface area contributed by atoms with Gasteiger partial charge >= 0.3 is 5.97 Å². The van der Waals surface area contributed by atoms with Gasteiger partial charge in [-0.1, -0.05) is 15.9 Å². The molecule has 2 rings (SSSR count). The fourth-order valence-electron chi connectivity index (χ4n) is 1.90. The van der Waals surface area contributed by atoms with Gasteiger partial charge in [-0.05, 0) is 43.7 Å². The molecule has 2 heterocycles. The van der Waals surface area contributed by atoms with Crippen molar-refractivity contribution in [3.8, 4) is 10.4 Å². The van der Waals surface area contributed by atoms with Crippen LogP contribution in [0.25, 0.3) is 10.4 Å². The van der Waals surface area contributed by atoms with Crippen LogP contribution in [0.2, 0.25) is 0 Å². The molecule has 0 N–H and O–H groups in total. The Morgan fingerprint density at radius 2 is 2.04 bits per heavy atom. The molecule has 0 aromatic carbocycles. The Balaban J connectivity index is 2.24. The largest absolute Gasteiger partial charge is 0.461 e. The number of halogens is 1. The van der Waals surface area contributed by atoms with Gasteiger partial charge in [0.05, 0.1) is 18.9 Å². The van der Waals surface area contributed by atoms with Crippen LogP contribution in [0, 0.1) is 0 Å². The van der Waals surface area contributed by atoms with Crippen LogP contribution in [0.3, 0.4) is 0 Å². The summed E-state index contributed by atoms with van der Waals surface area (Å²) in [7, 11) is 0. The molecule has 0 spiro atoms. The van der Waals surface area contributed by atoms with Crippen LogP contribution < -0.4 is 0 Å². The number of esters is 1. The second-order valence-corrected chi connectivity index (χ2v) is 6.25. The molecule has 0 saturated carbocycles. The molecule has 7 heteroatoms. The van der Waals surface area contributed by atoms with Crippen molar-refractivity contribution in [1.29, 1.82) is 0 Å². The predicted octanol–water partition coefficient (Wildman–Crippen LogP) is 4.35. The second kappa shape index (κ2) is 9.12. The molecule has 0 saturated heterocycles. The number of thiophene rings is 1. The molecule has 0 atom stereocenters. The average Bonchev–Trinajstić information content (AvgIpc) is 3.04. The van der Waals surface area contributed by atoms with E-state index in [9.17, 15) is 4.79 Å². The van der Waals surface area contributed by atoms with E-state index in [1.165, 1.54) is 0 Å². The van der Waals surface area contributed by atoms with E-state index in [1.807, 2.05) is 25.1 Å². The summed E-state index contributed by atoms with van der Waals surface area (Å²) in [4.78, 5) is 28.3. The number of hydrogen-bond donors (Lipinski definition) is 0. The minimum atomic E-state index is -0.409. The summed E-state index contributed by atoms with van der Waals surface area (Å²) in [6, 6.07) is 7.69. The van der Waals surface area contributed by atoms with Gasteiger partial charge < -0.3 is 4.74 Å². The summed E-state index contributed by atoms with van der Waals surface area (Å²) in [5, 5.41) is 0.568. The molecule has 23 heavy (non-hydrogen) atoms. The molecule has 0 amide bonds. The molecule has 2 aromatic rings. The lowest BCUT2D eigenvalue weighted by Crippen LogP contribution is -2.08. The fraction of sp³-hybridized carbons (Fsp3) is 0.375. The van der Waals surface area contributed by atoms with E-state index in [0.717, 1.165) is 21.0 Å². The Kier molecular flexibility index (Phi) is 7.16. The Morgan fingerprint density at radius 3 is 2.74 bits per heavy atom. The van der Waals surface area contributed by atoms with E-state index in [2.05, 4.69) is 20.9 Å². The Hall–Kier alpha value is -1.28. The van der Waals surface area contributed by atoms with E-state index in [0.29, 0.717) is 30.8 Å². The molecule has 0 aliphatic heterocycles. The summed E-state index contributed by atoms with van der Waals surface area (Å²) in [5.41, 5.74) is 2.04. The minimum absolute atomic E-state index is 0.319. The van der Waals surface area contributed by atoms with Crippen molar-refractivity contribution in [1.82, 2.24) is 4.98 Å². The molecule has 0 aliphatic rings. The van der Waals surface area contributed by atoms with E-state index in [4.69, 9.17) is 14.5 Å². The van der Waals surface area contributed by atoms with E-state index in [-0.39, 0.29) is 0 Å². The molecule has 0 bridgehead atoms. The number of nitrogens with zero attached hydrogens (tertiary/aromatic N) is 1. The number of ether oxygens (including phenoxy) is 1. The van der Waals surface area contributed by atoms with Crippen molar-refractivity contribution in [2.45, 2.75) is 25.8 Å². The van der Waals surface area contributed by atoms with Gasteiger partial charge in [-0.2, -0.15) is 0 Å². The van der Waals surface area contributed by atoms with Gasteiger partial charge in [-0.25, -0.2) is 19.6 Å². The van der Waals surface area contributed by atoms with E-state index < -0.39 is 5.97 Å². The Morgan fingerprint density at radius 1 is 1.22 bits per heavy atom. The quantitative estimate of drug-likeness (QED) is 0.217. The number of alkyl halides is 1. The van der Waals surface area contributed by atoms with Crippen LogP contribution in [-0.4, -0.2) is 24.2 Å². The molecule has 2 aromatic heterocycles. The Labute approximate surface area is 147 Å². The van der Waals surface area contributed by atoms with Crippen molar-refractivity contribution in [3.63, 3.8) is 0 Å². The lowest BCUT2D eigenvalue weighted by Gasteiger charge is -2.06. The van der Waals surface area contributed by atoms with Gasteiger partial charge in [0, 0.05) is 15.1 Å². The normalized spacial score (nSPS) is 10.7. The van der Waals surface area contributed by atoms with E-state index >= 15 is 0 Å². The van der Waals surface area contributed by atoms with Gasteiger partial charge in [0.2, 0.25) is 0 Å². The van der Waals surface area contributed by atoms with Gasteiger partial charge in [0.25, 0.3) is 0 Å². The van der Waals surface area contributed by atoms with E-state index in [1.54, 1.807) is 24.3 Å². The maximum Gasteiger partial charge on any atom is 0.356 e. The third-order valence-corrected chi connectivity index (χ3v) is 4.53. The first-order chi connectivity index (χ1) is 11.2. The highest BCUT2D eigenvalue weighted by Gasteiger charge is 2.13. The molecule has 0 radical (unpaired) electrons. The molecule has 5 nitrogen and oxygen atoms in total. The van der Waals surface area contributed by atoms with Gasteiger partial charge in [-0.3, -0.25) is 0 Å². The Bertz CT molecular complexity index is 659. The molecule has 124 valence electrons. The van der Waals surface area contributed by atoms with Crippen molar-refractivity contribution in [2.75, 3.05) is 13.2 Å². The third kappa shape index (κ3) is 5.10. The minimum Gasteiger partial charge on any atom is -0.461 e. The number of carbonyl (C=O) groups is 1.